The summed E-state index contributed by atoms with van der Waals surface area (Å²) in [6, 6.07) is 9.13. The lowest BCUT2D eigenvalue weighted by Crippen LogP contribution is -1.96. The average molecular weight is 240 g/mol. The highest BCUT2D eigenvalue weighted by molar-refractivity contribution is 5.70. The normalized spacial score (nSPS) is 9.61. The van der Waals surface area contributed by atoms with Gasteiger partial charge in [0.25, 0.3) is 0 Å². The zero-order valence-corrected chi connectivity index (χ0v) is 10.1. The molecule has 5 nitrogen and oxygen atoms in total. The third-order valence-electron chi connectivity index (χ3n) is 2.53. The molecule has 1 heterocycles. The summed E-state index contributed by atoms with van der Waals surface area (Å²) < 4.78 is 5.28. The monoisotopic (exact) mass is 240 g/mol. The van der Waals surface area contributed by atoms with Gasteiger partial charge >= 0.3 is 0 Å². The molecule has 0 aliphatic carbocycles. The third kappa shape index (κ3) is 2.23. The summed E-state index contributed by atoms with van der Waals surface area (Å²) in [6.07, 6.45) is 1.47. The predicted octanol–water partition coefficient (Wildman–Crippen LogP) is 2.07. The lowest BCUT2D eigenvalue weighted by atomic mass is 10.1. The fraction of sp³-hybridized carbons (Fsp3) is 0.154. The number of benzene rings is 1. The molecule has 0 aliphatic rings. The van der Waals surface area contributed by atoms with Crippen LogP contribution in [0, 0.1) is 11.3 Å². The molecule has 0 aliphatic heterocycles. The third-order valence-corrected chi connectivity index (χ3v) is 2.53. The van der Waals surface area contributed by atoms with Crippen LogP contribution in [0.1, 0.15) is 5.56 Å². The van der Waals surface area contributed by atoms with Crippen molar-refractivity contribution in [1.82, 2.24) is 9.97 Å². The first-order valence-electron chi connectivity index (χ1n) is 5.36. The molecule has 1 N–H and O–H groups in total. The van der Waals surface area contributed by atoms with Gasteiger partial charge in [-0.05, 0) is 18.2 Å². The molecule has 0 atom stereocenters. The zero-order valence-electron chi connectivity index (χ0n) is 10.1. The van der Waals surface area contributed by atoms with E-state index in [9.17, 15) is 0 Å². The number of methoxy groups -OCH3 is 1. The minimum Gasteiger partial charge on any atom is -0.496 e. The Kier molecular flexibility index (Phi) is 3.39. The van der Waals surface area contributed by atoms with E-state index in [0.29, 0.717) is 22.8 Å². The molecular formula is C13H12N4O. The van der Waals surface area contributed by atoms with Crippen LogP contribution in [0.15, 0.2) is 30.6 Å². The smallest absolute Gasteiger partial charge is 0.129 e. The van der Waals surface area contributed by atoms with Crippen molar-refractivity contribution >= 4 is 5.82 Å². The van der Waals surface area contributed by atoms with Gasteiger partial charge in [-0.15, -0.1) is 0 Å². The number of nitriles is 1. The standard InChI is InChI=1S/C13H12N4O/c1-15-13-6-11(16-8-17-13)10-5-9(7-14)3-4-12(10)18-2/h3-6,8H,1-2H3,(H,15,16,17). The number of aromatic nitrogens is 2. The molecule has 2 aromatic rings. The highest BCUT2D eigenvalue weighted by Crippen LogP contribution is 2.30. The first kappa shape index (κ1) is 11.9. The predicted molar refractivity (Wildman–Crippen MR) is 68.3 cm³/mol. The Morgan fingerprint density at radius 3 is 2.78 bits per heavy atom. The van der Waals surface area contributed by atoms with E-state index < -0.39 is 0 Å². The van der Waals surface area contributed by atoms with Crippen molar-refractivity contribution in [3.8, 4) is 23.1 Å². The van der Waals surface area contributed by atoms with Gasteiger partial charge in [0.1, 0.15) is 17.9 Å². The summed E-state index contributed by atoms with van der Waals surface area (Å²) in [7, 11) is 3.38. The second kappa shape index (κ2) is 5.15. The first-order chi connectivity index (χ1) is 8.78. The van der Waals surface area contributed by atoms with Crippen LogP contribution in [-0.2, 0) is 0 Å². The van der Waals surface area contributed by atoms with E-state index in [-0.39, 0.29) is 0 Å². The Morgan fingerprint density at radius 1 is 1.28 bits per heavy atom. The number of hydrogen-bond donors (Lipinski definition) is 1. The summed E-state index contributed by atoms with van der Waals surface area (Å²) in [5.74, 6) is 1.39. The highest BCUT2D eigenvalue weighted by atomic mass is 16.5. The van der Waals surface area contributed by atoms with Gasteiger partial charge in [0.05, 0.1) is 24.4 Å². The van der Waals surface area contributed by atoms with E-state index in [1.54, 1.807) is 38.4 Å². The molecule has 1 aromatic heterocycles. The minimum atomic E-state index is 0.565. The maximum absolute atomic E-state index is 8.94. The Balaban J connectivity index is 2.57. The Bertz CT molecular complexity index is 604. The largest absolute Gasteiger partial charge is 0.496 e. The van der Waals surface area contributed by atoms with Crippen molar-refractivity contribution in [3.63, 3.8) is 0 Å². The van der Waals surface area contributed by atoms with E-state index in [0.717, 1.165) is 5.56 Å². The fourth-order valence-electron chi connectivity index (χ4n) is 1.62. The Hall–Kier alpha value is -2.61. The maximum atomic E-state index is 8.94. The zero-order chi connectivity index (χ0) is 13.0. The van der Waals surface area contributed by atoms with Crippen molar-refractivity contribution in [2.45, 2.75) is 0 Å². The number of hydrogen-bond acceptors (Lipinski definition) is 5. The number of nitrogens with zero attached hydrogens (tertiary/aromatic N) is 3. The van der Waals surface area contributed by atoms with Gasteiger partial charge in [0, 0.05) is 18.7 Å². The number of rotatable bonds is 3. The van der Waals surface area contributed by atoms with Crippen LogP contribution in [0.3, 0.4) is 0 Å². The molecule has 2 rings (SSSR count). The average Bonchev–Trinajstić information content (AvgIpc) is 2.46. The summed E-state index contributed by atoms with van der Waals surface area (Å²) in [6.45, 7) is 0. The van der Waals surface area contributed by atoms with Gasteiger partial charge in [-0.1, -0.05) is 0 Å². The summed E-state index contributed by atoms with van der Waals surface area (Å²) in [5, 5.41) is 11.9. The molecular weight excluding hydrogens is 228 g/mol. The fourth-order valence-corrected chi connectivity index (χ4v) is 1.62. The van der Waals surface area contributed by atoms with Gasteiger partial charge < -0.3 is 10.1 Å². The van der Waals surface area contributed by atoms with Gasteiger partial charge in [-0.3, -0.25) is 0 Å². The number of ether oxygens (including phenoxy) is 1. The van der Waals surface area contributed by atoms with E-state index >= 15 is 0 Å². The van der Waals surface area contributed by atoms with Crippen LogP contribution in [0.25, 0.3) is 11.3 Å². The first-order valence-corrected chi connectivity index (χ1v) is 5.36. The lowest BCUT2D eigenvalue weighted by Gasteiger charge is -2.09. The second-order valence-corrected chi connectivity index (χ2v) is 3.57. The Morgan fingerprint density at radius 2 is 2.11 bits per heavy atom. The van der Waals surface area contributed by atoms with E-state index in [1.807, 2.05) is 0 Å². The second-order valence-electron chi connectivity index (χ2n) is 3.57. The molecule has 0 saturated carbocycles. The highest BCUT2D eigenvalue weighted by Gasteiger charge is 2.09. The lowest BCUT2D eigenvalue weighted by molar-refractivity contribution is 0.416. The van der Waals surface area contributed by atoms with Crippen LogP contribution in [0.2, 0.25) is 0 Å². The number of nitrogens with one attached hydrogen (secondary N) is 1. The van der Waals surface area contributed by atoms with Crippen molar-refractivity contribution < 1.29 is 4.74 Å². The van der Waals surface area contributed by atoms with Gasteiger partial charge in [0.15, 0.2) is 0 Å². The van der Waals surface area contributed by atoms with Crippen LogP contribution < -0.4 is 10.1 Å². The van der Waals surface area contributed by atoms with E-state index in [4.69, 9.17) is 10.00 Å². The van der Waals surface area contributed by atoms with Crippen molar-refractivity contribution in [2.24, 2.45) is 0 Å². The van der Waals surface area contributed by atoms with Crippen molar-refractivity contribution in [3.05, 3.63) is 36.2 Å². The Labute approximate surface area is 105 Å². The van der Waals surface area contributed by atoms with Crippen molar-refractivity contribution in [2.75, 3.05) is 19.5 Å². The molecule has 0 fully saturated rings. The molecule has 0 unspecified atom stereocenters. The summed E-state index contributed by atoms with van der Waals surface area (Å²) in [4.78, 5) is 8.25. The van der Waals surface area contributed by atoms with Gasteiger partial charge in [0.2, 0.25) is 0 Å². The topological polar surface area (TPSA) is 70.8 Å². The van der Waals surface area contributed by atoms with Crippen LogP contribution in [0.5, 0.6) is 5.75 Å². The summed E-state index contributed by atoms with van der Waals surface area (Å²) >= 11 is 0. The molecule has 0 radical (unpaired) electrons. The van der Waals surface area contributed by atoms with Gasteiger partial charge in [-0.2, -0.15) is 5.26 Å². The molecule has 18 heavy (non-hydrogen) atoms. The molecule has 0 saturated heterocycles. The quantitative estimate of drug-likeness (QED) is 0.889. The number of anilines is 1. The van der Waals surface area contributed by atoms with Crippen LogP contribution >= 0.6 is 0 Å². The van der Waals surface area contributed by atoms with Crippen LogP contribution in [-0.4, -0.2) is 24.1 Å². The van der Waals surface area contributed by atoms with E-state index in [1.165, 1.54) is 6.33 Å². The summed E-state index contributed by atoms with van der Waals surface area (Å²) in [5.41, 5.74) is 2.05. The molecule has 0 bridgehead atoms. The SMILES string of the molecule is CNc1cc(-c2cc(C#N)ccc2OC)ncn1. The van der Waals surface area contributed by atoms with Crippen molar-refractivity contribution in [1.29, 1.82) is 5.26 Å². The molecule has 90 valence electrons. The van der Waals surface area contributed by atoms with Crippen LogP contribution in [0.4, 0.5) is 5.82 Å². The van der Waals surface area contributed by atoms with Gasteiger partial charge in [-0.25, -0.2) is 9.97 Å². The van der Waals surface area contributed by atoms with E-state index in [2.05, 4.69) is 21.4 Å². The molecule has 1 aromatic carbocycles. The maximum Gasteiger partial charge on any atom is 0.129 e. The molecule has 0 spiro atoms. The molecule has 0 amide bonds. The molecule has 5 heteroatoms. The minimum absolute atomic E-state index is 0.565.